The second-order valence-corrected chi connectivity index (χ2v) is 5.93. The lowest BCUT2D eigenvalue weighted by atomic mass is 9.83. The fourth-order valence-electron chi connectivity index (χ4n) is 2.98. The first kappa shape index (κ1) is 13.8. The fourth-order valence-corrected chi connectivity index (χ4v) is 2.98. The maximum Gasteiger partial charge on any atom is 0.237 e. The monoisotopic (exact) mass is 254 g/mol. The minimum atomic E-state index is -0.0579. The Hall–Kier alpha value is -0.610. The minimum Gasteiger partial charge on any atom is -0.380 e. The summed E-state index contributed by atoms with van der Waals surface area (Å²) in [4.78, 5) is 12.0. The Balaban J connectivity index is 1.66. The number of carbonyl (C=O) groups excluding carboxylic acids is 1. The lowest BCUT2D eigenvalue weighted by molar-refractivity contribution is -0.123. The molecule has 4 heteroatoms. The van der Waals surface area contributed by atoms with Gasteiger partial charge in [-0.05, 0) is 31.1 Å². The van der Waals surface area contributed by atoms with Gasteiger partial charge in [0.05, 0.1) is 12.1 Å². The first-order valence-electron chi connectivity index (χ1n) is 7.23. The van der Waals surface area contributed by atoms with Crippen molar-refractivity contribution in [3.63, 3.8) is 0 Å². The number of carbonyl (C=O) groups is 1. The summed E-state index contributed by atoms with van der Waals surface area (Å²) < 4.78 is 5.26. The van der Waals surface area contributed by atoms with Gasteiger partial charge in [0.25, 0.3) is 0 Å². The average molecular weight is 254 g/mol. The molecule has 18 heavy (non-hydrogen) atoms. The summed E-state index contributed by atoms with van der Waals surface area (Å²) in [5.74, 6) is 1.70. The first-order chi connectivity index (χ1) is 8.69. The van der Waals surface area contributed by atoms with Gasteiger partial charge < -0.3 is 15.4 Å². The van der Waals surface area contributed by atoms with Crippen LogP contribution in [0.2, 0.25) is 0 Å². The summed E-state index contributed by atoms with van der Waals surface area (Å²) in [6, 6.07) is -0.0579. The van der Waals surface area contributed by atoms with Crippen LogP contribution >= 0.6 is 0 Å². The van der Waals surface area contributed by atoms with Crippen LogP contribution in [0.15, 0.2) is 0 Å². The van der Waals surface area contributed by atoms with Gasteiger partial charge in [0.1, 0.15) is 0 Å². The molecule has 1 heterocycles. The van der Waals surface area contributed by atoms with E-state index in [2.05, 4.69) is 17.6 Å². The summed E-state index contributed by atoms with van der Waals surface area (Å²) in [5.41, 5.74) is 0. The summed E-state index contributed by atoms with van der Waals surface area (Å²) in [7, 11) is 1.70. The summed E-state index contributed by atoms with van der Waals surface area (Å²) >= 11 is 0. The Morgan fingerprint density at radius 2 is 2.06 bits per heavy atom. The van der Waals surface area contributed by atoms with Crippen molar-refractivity contribution in [2.24, 2.45) is 11.8 Å². The zero-order valence-electron chi connectivity index (χ0n) is 11.6. The van der Waals surface area contributed by atoms with Crippen molar-refractivity contribution in [3.05, 3.63) is 0 Å². The highest BCUT2D eigenvalue weighted by molar-refractivity contribution is 5.82. The standard InChI is InChI=1S/C14H26N2O2/c1-10-3-5-11(6-4-10)8-16-14(17)13-7-12(18-2)9-15-13/h10-13,15H,3-9H2,1-2H3,(H,16,17). The Morgan fingerprint density at radius 3 is 2.67 bits per heavy atom. The molecule has 1 saturated carbocycles. The maximum absolute atomic E-state index is 12.0. The van der Waals surface area contributed by atoms with Crippen LogP contribution in [0.1, 0.15) is 39.0 Å². The zero-order chi connectivity index (χ0) is 13.0. The highest BCUT2D eigenvalue weighted by Gasteiger charge is 2.29. The van der Waals surface area contributed by atoms with Gasteiger partial charge in [-0.15, -0.1) is 0 Å². The van der Waals surface area contributed by atoms with Gasteiger partial charge in [-0.1, -0.05) is 19.8 Å². The molecule has 0 radical (unpaired) electrons. The second kappa shape index (κ2) is 6.53. The number of methoxy groups -OCH3 is 1. The molecule has 0 spiro atoms. The average Bonchev–Trinajstić information content (AvgIpc) is 2.86. The van der Waals surface area contributed by atoms with Crippen LogP contribution in [-0.2, 0) is 9.53 Å². The summed E-state index contributed by atoms with van der Waals surface area (Å²) in [5, 5.41) is 6.31. The van der Waals surface area contributed by atoms with E-state index in [9.17, 15) is 4.79 Å². The Bertz CT molecular complexity index is 275. The van der Waals surface area contributed by atoms with E-state index in [0.29, 0.717) is 5.92 Å². The van der Waals surface area contributed by atoms with E-state index in [1.807, 2.05) is 0 Å². The van der Waals surface area contributed by atoms with Crippen LogP contribution in [-0.4, -0.2) is 38.3 Å². The van der Waals surface area contributed by atoms with Crippen molar-refractivity contribution >= 4 is 5.91 Å². The van der Waals surface area contributed by atoms with Crippen molar-refractivity contribution in [2.75, 3.05) is 20.2 Å². The molecular weight excluding hydrogens is 228 g/mol. The SMILES string of the molecule is COC1CNC(C(=O)NCC2CCC(C)CC2)C1. The predicted octanol–water partition coefficient (Wildman–Crippen LogP) is 1.31. The van der Waals surface area contributed by atoms with Crippen LogP contribution in [0.5, 0.6) is 0 Å². The molecule has 1 aliphatic carbocycles. The first-order valence-corrected chi connectivity index (χ1v) is 7.23. The van der Waals surface area contributed by atoms with Gasteiger partial charge in [-0.2, -0.15) is 0 Å². The topological polar surface area (TPSA) is 50.4 Å². The van der Waals surface area contributed by atoms with E-state index in [4.69, 9.17) is 4.74 Å². The highest BCUT2D eigenvalue weighted by Crippen LogP contribution is 2.27. The van der Waals surface area contributed by atoms with Crippen LogP contribution in [0.4, 0.5) is 0 Å². The smallest absolute Gasteiger partial charge is 0.237 e. The molecule has 0 aromatic carbocycles. The van der Waals surface area contributed by atoms with Crippen molar-refractivity contribution in [1.82, 2.24) is 10.6 Å². The van der Waals surface area contributed by atoms with Crippen LogP contribution in [0.25, 0.3) is 0 Å². The highest BCUT2D eigenvalue weighted by atomic mass is 16.5. The third-order valence-corrected chi connectivity index (χ3v) is 4.44. The number of amides is 1. The number of ether oxygens (including phenoxy) is 1. The quantitative estimate of drug-likeness (QED) is 0.795. The Labute approximate surface area is 110 Å². The molecule has 0 aromatic heterocycles. The predicted molar refractivity (Wildman–Crippen MR) is 71.3 cm³/mol. The molecule has 2 rings (SSSR count). The Kier molecular flexibility index (Phi) is 5.01. The summed E-state index contributed by atoms with van der Waals surface area (Å²) in [6.07, 6.45) is 6.14. The minimum absolute atomic E-state index is 0.0579. The summed E-state index contributed by atoms with van der Waals surface area (Å²) in [6.45, 7) is 3.96. The van der Waals surface area contributed by atoms with Crippen molar-refractivity contribution in [3.8, 4) is 0 Å². The van der Waals surface area contributed by atoms with Gasteiger partial charge in [0.2, 0.25) is 5.91 Å². The fraction of sp³-hybridized carbons (Fsp3) is 0.929. The lowest BCUT2D eigenvalue weighted by Gasteiger charge is -2.26. The molecule has 2 aliphatic rings. The van der Waals surface area contributed by atoms with E-state index in [-0.39, 0.29) is 18.1 Å². The number of nitrogens with one attached hydrogen (secondary N) is 2. The molecule has 1 aliphatic heterocycles. The molecule has 1 saturated heterocycles. The normalized spacial score (nSPS) is 36.6. The lowest BCUT2D eigenvalue weighted by Crippen LogP contribution is -2.42. The third kappa shape index (κ3) is 3.69. The largest absolute Gasteiger partial charge is 0.380 e. The van der Waals surface area contributed by atoms with Crippen LogP contribution in [0, 0.1) is 11.8 Å². The van der Waals surface area contributed by atoms with E-state index >= 15 is 0 Å². The van der Waals surface area contributed by atoms with Crippen LogP contribution < -0.4 is 10.6 Å². The molecule has 2 N–H and O–H groups in total. The molecule has 0 bridgehead atoms. The van der Waals surface area contributed by atoms with Gasteiger partial charge in [0.15, 0.2) is 0 Å². The van der Waals surface area contributed by atoms with Crippen molar-refractivity contribution < 1.29 is 9.53 Å². The van der Waals surface area contributed by atoms with E-state index in [1.165, 1.54) is 25.7 Å². The van der Waals surface area contributed by atoms with Crippen molar-refractivity contribution in [1.29, 1.82) is 0 Å². The van der Waals surface area contributed by atoms with Crippen molar-refractivity contribution in [2.45, 2.75) is 51.2 Å². The molecule has 4 nitrogen and oxygen atoms in total. The van der Waals surface area contributed by atoms with Gasteiger partial charge in [0, 0.05) is 20.2 Å². The maximum atomic E-state index is 12.0. The molecule has 2 unspecified atom stereocenters. The van der Waals surface area contributed by atoms with Crippen LogP contribution in [0.3, 0.4) is 0 Å². The number of rotatable bonds is 4. The zero-order valence-corrected chi connectivity index (χ0v) is 11.6. The van der Waals surface area contributed by atoms with Gasteiger partial charge >= 0.3 is 0 Å². The number of hydrogen-bond donors (Lipinski definition) is 2. The molecule has 0 aromatic rings. The number of hydrogen-bond acceptors (Lipinski definition) is 3. The molecular formula is C14H26N2O2. The second-order valence-electron chi connectivity index (χ2n) is 5.93. The van der Waals surface area contributed by atoms with E-state index < -0.39 is 0 Å². The molecule has 2 fully saturated rings. The van der Waals surface area contributed by atoms with Gasteiger partial charge in [-0.25, -0.2) is 0 Å². The third-order valence-electron chi connectivity index (χ3n) is 4.44. The van der Waals surface area contributed by atoms with E-state index in [0.717, 1.165) is 25.4 Å². The Morgan fingerprint density at radius 1 is 1.33 bits per heavy atom. The molecule has 104 valence electrons. The molecule has 1 amide bonds. The van der Waals surface area contributed by atoms with Gasteiger partial charge in [-0.3, -0.25) is 4.79 Å². The van der Waals surface area contributed by atoms with E-state index in [1.54, 1.807) is 7.11 Å². The molecule has 2 atom stereocenters.